The Morgan fingerprint density at radius 3 is 0.545 bits per heavy atom. The molecule has 0 aliphatic carbocycles. The van der Waals surface area contributed by atoms with E-state index in [1.165, 1.54) is 523 Å². The average molecular weight is 1580 g/mol. The predicted octanol–water partition coefficient (Wildman–Crippen LogP) is 37.0. The summed E-state index contributed by atoms with van der Waals surface area (Å²) in [4.78, 5) is 17.3. The van der Waals surface area contributed by atoms with E-state index in [-0.39, 0.29) is 0 Å². The molecule has 0 spiro atoms. The van der Waals surface area contributed by atoms with E-state index in [9.17, 15) is 0 Å². The van der Waals surface area contributed by atoms with E-state index in [2.05, 4.69) is 71.7 Å². The summed E-state index contributed by atoms with van der Waals surface area (Å²) in [7, 11) is 0. The van der Waals surface area contributed by atoms with Crippen molar-refractivity contribution < 1.29 is 0 Å². The van der Waals surface area contributed by atoms with Crippen LogP contribution in [0, 0.1) is 0 Å². The zero-order chi connectivity index (χ0) is 71.6. The van der Waals surface area contributed by atoms with Crippen LogP contribution in [0.25, 0.3) is 30.5 Å². The Labute approximate surface area is 659 Å². The van der Waals surface area contributed by atoms with Gasteiger partial charge in [0.1, 0.15) is 11.0 Å². The lowest BCUT2D eigenvalue weighted by molar-refractivity contribution is 0.524. The monoisotopic (exact) mass is 1580 g/mol. The third-order valence-corrected chi connectivity index (χ3v) is 28.2. The summed E-state index contributed by atoms with van der Waals surface area (Å²) in [6.45, 7) is 9.29. The molecule has 0 aromatic carbocycles. The molecule has 0 amide bonds. The van der Waals surface area contributed by atoms with E-state index in [1.807, 2.05) is 34.0 Å². The molecule has 7 heteroatoms. The third-order valence-electron chi connectivity index (χ3n) is 22.8. The molecule has 0 saturated heterocycles. The summed E-state index contributed by atoms with van der Waals surface area (Å²) in [5, 5.41) is 0. The van der Waals surface area contributed by atoms with Gasteiger partial charge in [0.2, 0.25) is 0 Å². The van der Waals surface area contributed by atoms with Gasteiger partial charge in [-0.05, 0) is 106 Å². The Hall–Kier alpha value is -0.600. The van der Waals surface area contributed by atoms with Crippen LogP contribution in [0.4, 0.5) is 0 Å². The Bertz CT molecular complexity index is 2250. The van der Waals surface area contributed by atoms with Gasteiger partial charge in [0, 0.05) is 9.75 Å². The molecule has 0 bridgehead atoms. The second-order valence-electron chi connectivity index (χ2n) is 32.4. The zero-order valence-electron chi connectivity index (χ0n) is 67.8. The molecule has 0 unspecified atom stereocenters. The molecule has 4 rings (SSSR count). The smallest absolute Gasteiger partial charge is 0.109 e. The summed E-state index contributed by atoms with van der Waals surface area (Å²) in [5.74, 6) is 0. The van der Waals surface area contributed by atoms with Crippen LogP contribution in [-0.2, 0) is 25.7 Å². The first kappa shape index (κ1) is 92.8. The maximum absolute atomic E-state index is 5.89. The topological polar surface area (TPSA) is 25.8 Å². The second kappa shape index (κ2) is 68.7. The van der Waals surface area contributed by atoms with E-state index in [1.54, 1.807) is 0 Å². The SMILES string of the molecule is CCCCCCCCCCCCCCCCCCCCc1cc(-c2sc(-c3cc(CCCCCCCCCCCCCCCCCCCC)c(Br)s3)c3nc(CCCCCCCCCCCCCCCCCCCC)c(CCCCCCCCCCCCCCCCCCCC)nc23)sc1Br. The summed E-state index contributed by atoms with van der Waals surface area (Å²) in [5.41, 5.74) is 7.95. The number of nitrogens with zero attached hydrogens (tertiary/aromatic N) is 2. The number of unbranched alkanes of at least 4 members (excludes halogenated alkanes) is 68. The highest BCUT2D eigenvalue weighted by Gasteiger charge is 2.24. The van der Waals surface area contributed by atoms with Crippen LogP contribution >= 0.6 is 65.9 Å². The summed E-state index contributed by atoms with van der Waals surface area (Å²) >= 11 is 14.2. The molecule has 0 saturated carbocycles. The number of rotatable bonds is 78. The van der Waals surface area contributed by atoms with Crippen LogP contribution in [0.5, 0.6) is 0 Å². The Kier molecular flexibility index (Phi) is 63.1. The molecule has 0 aliphatic rings. The van der Waals surface area contributed by atoms with Gasteiger partial charge in [-0.2, -0.15) is 0 Å². The maximum atomic E-state index is 5.89. The molecule has 4 aromatic heterocycles. The second-order valence-corrected chi connectivity index (χ2v) is 38.2. The number of hydrogen-bond acceptors (Lipinski definition) is 5. The first-order valence-corrected chi connectivity index (χ1v) is 49.9. The van der Waals surface area contributed by atoms with Crippen molar-refractivity contribution in [2.45, 2.75) is 516 Å². The lowest BCUT2D eigenvalue weighted by atomic mass is 10.0. The standard InChI is InChI=1S/C94H166Br2N2S3/c1-5-9-13-17-21-25-29-33-37-41-45-49-53-57-61-65-69-73-77-83-81-87(99-93(83)95)91-89-90(92(101-91)88-82-84(94(96)100-88)78-74-70-66-62-58-54-50-46-42-38-34-30-26-22-18-14-10-6-2)98-86(80-76-72-68-64-60-56-52-48-44-40-36-32-28-24-20-16-12-8-4)85(97-89)79-75-71-67-63-59-55-51-47-43-39-35-31-27-23-19-15-11-7-3/h81-82H,5-80H2,1-4H3. The van der Waals surface area contributed by atoms with Gasteiger partial charge in [-0.3, -0.25) is 0 Å². The minimum Gasteiger partial charge on any atom is -0.248 e. The van der Waals surface area contributed by atoms with E-state index < -0.39 is 0 Å². The summed E-state index contributed by atoms with van der Waals surface area (Å²) < 4.78 is 2.65. The predicted molar refractivity (Wildman–Crippen MR) is 469 cm³/mol. The van der Waals surface area contributed by atoms with Crippen molar-refractivity contribution in [1.29, 1.82) is 0 Å². The fourth-order valence-electron chi connectivity index (χ4n) is 16.0. The Morgan fingerprint density at radius 2 is 0.366 bits per heavy atom. The number of hydrogen-bond donors (Lipinski definition) is 0. The molecule has 0 fully saturated rings. The average Bonchev–Trinajstić information content (AvgIpc) is 1.60. The van der Waals surface area contributed by atoms with Crippen molar-refractivity contribution in [3.8, 4) is 19.5 Å². The van der Waals surface area contributed by atoms with Crippen LogP contribution in [0.3, 0.4) is 0 Å². The van der Waals surface area contributed by atoms with Crippen LogP contribution in [-0.4, -0.2) is 9.97 Å². The molecule has 584 valence electrons. The largest absolute Gasteiger partial charge is 0.248 e. The molecule has 4 aromatic rings. The van der Waals surface area contributed by atoms with Gasteiger partial charge >= 0.3 is 0 Å². The number of thiophene rings is 3. The van der Waals surface area contributed by atoms with Gasteiger partial charge in [0.25, 0.3) is 0 Å². The molecule has 0 atom stereocenters. The minimum atomic E-state index is 1.06. The molecule has 2 nitrogen and oxygen atoms in total. The highest BCUT2D eigenvalue weighted by atomic mass is 79.9. The minimum absolute atomic E-state index is 1.06. The fraction of sp³-hybridized carbons (Fsp3) is 0.851. The molecule has 0 N–H and O–H groups in total. The fourth-order valence-corrected chi connectivity index (χ4v) is 20.9. The van der Waals surface area contributed by atoms with Crippen LogP contribution in [0.1, 0.15) is 513 Å². The van der Waals surface area contributed by atoms with Gasteiger partial charge in [-0.1, -0.05) is 464 Å². The van der Waals surface area contributed by atoms with E-state index in [4.69, 9.17) is 9.97 Å². The van der Waals surface area contributed by atoms with Crippen LogP contribution in [0.2, 0.25) is 0 Å². The van der Waals surface area contributed by atoms with Gasteiger partial charge in [0.05, 0.1) is 28.7 Å². The molecule has 0 radical (unpaired) electrons. The van der Waals surface area contributed by atoms with Gasteiger partial charge < -0.3 is 0 Å². The summed E-state index contributed by atoms with van der Waals surface area (Å²) in [6.07, 6.45) is 107. The number of fused-ring (bicyclic) bond motifs is 1. The molecule has 101 heavy (non-hydrogen) atoms. The first-order chi connectivity index (χ1) is 50.0. The van der Waals surface area contributed by atoms with Crippen molar-refractivity contribution in [3.63, 3.8) is 0 Å². The van der Waals surface area contributed by atoms with Crippen LogP contribution < -0.4 is 0 Å². The molecular weight excluding hydrogens is 1410 g/mol. The third kappa shape index (κ3) is 48.5. The lowest BCUT2D eigenvalue weighted by Gasteiger charge is -2.10. The van der Waals surface area contributed by atoms with Crippen molar-refractivity contribution in [1.82, 2.24) is 9.97 Å². The maximum Gasteiger partial charge on any atom is 0.109 e. The van der Waals surface area contributed by atoms with Gasteiger partial charge in [-0.25, -0.2) is 9.97 Å². The number of halogens is 2. The van der Waals surface area contributed by atoms with Gasteiger partial charge in [0.15, 0.2) is 0 Å². The first-order valence-electron chi connectivity index (χ1n) is 45.9. The normalized spacial score (nSPS) is 11.9. The van der Waals surface area contributed by atoms with Crippen molar-refractivity contribution in [2.24, 2.45) is 0 Å². The Morgan fingerprint density at radius 1 is 0.208 bits per heavy atom. The molecule has 0 aliphatic heterocycles. The van der Waals surface area contributed by atoms with Crippen molar-refractivity contribution in [3.05, 3.63) is 42.2 Å². The van der Waals surface area contributed by atoms with Crippen molar-refractivity contribution >= 4 is 76.9 Å². The van der Waals surface area contributed by atoms with Crippen molar-refractivity contribution in [2.75, 3.05) is 0 Å². The van der Waals surface area contributed by atoms with E-state index in [0.29, 0.717) is 0 Å². The quantitative estimate of drug-likeness (QED) is 0.0412. The molecular formula is C94H166Br2N2S3. The van der Waals surface area contributed by atoms with Crippen LogP contribution in [0.15, 0.2) is 19.7 Å². The summed E-state index contributed by atoms with van der Waals surface area (Å²) in [6, 6.07) is 5.10. The molecule has 4 heterocycles. The number of aryl methyl sites for hydroxylation is 4. The lowest BCUT2D eigenvalue weighted by Crippen LogP contribution is -2.03. The number of aromatic nitrogens is 2. The Balaban J connectivity index is 1.37. The van der Waals surface area contributed by atoms with E-state index >= 15 is 0 Å². The van der Waals surface area contributed by atoms with E-state index in [0.717, 1.165) is 25.7 Å². The van der Waals surface area contributed by atoms with Gasteiger partial charge in [-0.15, -0.1) is 34.0 Å². The highest BCUT2D eigenvalue weighted by Crippen LogP contribution is 2.50. The highest BCUT2D eigenvalue weighted by molar-refractivity contribution is 9.11. The zero-order valence-corrected chi connectivity index (χ0v) is 73.4.